The summed E-state index contributed by atoms with van der Waals surface area (Å²) >= 11 is 0. The third kappa shape index (κ3) is 5.23. The van der Waals surface area contributed by atoms with E-state index in [1.165, 1.54) is 19.4 Å². The van der Waals surface area contributed by atoms with E-state index >= 15 is 0 Å². The van der Waals surface area contributed by atoms with E-state index in [1.54, 1.807) is 18.5 Å². The standard InChI is InChI=1S/C30H32N8O4/c1-35(2)12-13-36(3)25-16-27(41-4)23(15-26(25)38(39)40)33-30-32-17-21(29-31-11-14-42-29)28(34-30)22-18-37(19-9-10-19)24-8-6-5-7-20(22)24/h5-8,11,14-19H,9-10,12-13H2,1-4H3,(H,32,33,34). The van der Waals surface area contributed by atoms with Crippen LogP contribution in [0.5, 0.6) is 5.75 Å². The van der Waals surface area contributed by atoms with Crippen LogP contribution < -0.4 is 15.0 Å². The maximum absolute atomic E-state index is 12.1. The topological polar surface area (TPSA) is 128 Å². The molecule has 0 unspecified atom stereocenters. The fourth-order valence-electron chi connectivity index (χ4n) is 5.08. The number of nitro benzene ring substituents is 1. The second-order valence-electron chi connectivity index (χ2n) is 10.6. The summed E-state index contributed by atoms with van der Waals surface area (Å²) < 4.78 is 13.6. The van der Waals surface area contributed by atoms with Gasteiger partial charge in [0, 0.05) is 67.2 Å². The van der Waals surface area contributed by atoms with Gasteiger partial charge in [0.1, 0.15) is 17.7 Å². The Morgan fingerprint density at radius 1 is 1.14 bits per heavy atom. The van der Waals surface area contributed by atoms with E-state index < -0.39 is 4.92 Å². The van der Waals surface area contributed by atoms with Crippen molar-refractivity contribution in [2.24, 2.45) is 0 Å². The predicted molar refractivity (Wildman–Crippen MR) is 161 cm³/mol. The second-order valence-corrected chi connectivity index (χ2v) is 10.6. The van der Waals surface area contributed by atoms with Crippen LogP contribution in [-0.2, 0) is 0 Å². The molecule has 1 aliphatic carbocycles. The van der Waals surface area contributed by atoms with Crippen molar-refractivity contribution in [2.45, 2.75) is 18.9 Å². The summed E-state index contributed by atoms with van der Waals surface area (Å²) in [5, 5.41) is 16.3. The van der Waals surface area contributed by atoms with Gasteiger partial charge in [-0.1, -0.05) is 18.2 Å². The Kier molecular flexibility index (Phi) is 7.21. The summed E-state index contributed by atoms with van der Waals surface area (Å²) in [6.07, 6.45) is 9.16. The van der Waals surface area contributed by atoms with Gasteiger partial charge in [0.15, 0.2) is 0 Å². The number of anilines is 3. The van der Waals surface area contributed by atoms with Crippen LogP contribution in [-0.4, -0.2) is 70.7 Å². The van der Waals surface area contributed by atoms with Gasteiger partial charge in [0.25, 0.3) is 5.69 Å². The van der Waals surface area contributed by atoms with Crippen LogP contribution in [0.1, 0.15) is 18.9 Å². The highest BCUT2D eigenvalue weighted by atomic mass is 16.6. The Morgan fingerprint density at radius 2 is 1.95 bits per heavy atom. The minimum absolute atomic E-state index is 0.0521. The number of nitrogens with one attached hydrogen (secondary N) is 1. The molecule has 1 aliphatic rings. The Morgan fingerprint density at radius 3 is 2.64 bits per heavy atom. The quantitative estimate of drug-likeness (QED) is 0.155. The van der Waals surface area contributed by atoms with Crippen LogP contribution in [0.3, 0.4) is 0 Å². The monoisotopic (exact) mass is 568 g/mol. The number of hydrogen-bond donors (Lipinski definition) is 1. The molecule has 2 aromatic carbocycles. The lowest BCUT2D eigenvalue weighted by Crippen LogP contribution is -2.28. The van der Waals surface area contributed by atoms with Crippen molar-refractivity contribution in [1.82, 2.24) is 24.4 Å². The molecule has 3 aromatic heterocycles. The number of nitrogens with zero attached hydrogens (tertiary/aromatic N) is 7. The highest BCUT2D eigenvalue weighted by molar-refractivity contribution is 5.98. The molecule has 0 radical (unpaired) electrons. The Balaban J connectivity index is 1.44. The highest BCUT2D eigenvalue weighted by Crippen LogP contribution is 2.43. The molecule has 1 saturated carbocycles. The lowest BCUT2D eigenvalue weighted by Gasteiger charge is -2.22. The highest BCUT2D eigenvalue weighted by Gasteiger charge is 2.28. The first-order chi connectivity index (χ1) is 20.3. The average Bonchev–Trinajstić information content (AvgIpc) is 3.54. The van der Waals surface area contributed by atoms with Gasteiger partial charge in [-0.15, -0.1) is 0 Å². The molecule has 42 heavy (non-hydrogen) atoms. The SMILES string of the molecule is COc1cc(N(C)CCN(C)C)c([N+](=O)[O-])cc1Nc1ncc(-c2ncco2)c(-c2cn(C3CC3)c3ccccc23)n1. The van der Waals surface area contributed by atoms with E-state index in [2.05, 4.69) is 38.2 Å². The maximum Gasteiger partial charge on any atom is 0.294 e. The van der Waals surface area contributed by atoms with E-state index in [9.17, 15) is 10.1 Å². The number of benzene rings is 2. The summed E-state index contributed by atoms with van der Waals surface area (Å²) in [6, 6.07) is 11.8. The third-order valence-corrected chi connectivity index (χ3v) is 7.42. The van der Waals surface area contributed by atoms with Gasteiger partial charge in [0.05, 0.1) is 35.2 Å². The normalized spacial score (nSPS) is 13.1. The number of oxazole rings is 1. The molecule has 5 aromatic rings. The average molecular weight is 569 g/mol. The number of para-hydroxylation sites is 1. The largest absolute Gasteiger partial charge is 0.494 e. The zero-order valence-electron chi connectivity index (χ0n) is 23.9. The minimum Gasteiger partial charge on any atom is -0.494 e. The van der Waals surface area contributed by atoms with Crippen molar-refractivity contribution in [1.29, 1.82) is 0 Å². The van der Waals surface area contributed by atoms with Gasteiger partial charge in [-0.05, 0) is 33.0 Å². The molecule has 0 atom stereocenters. The zero-order chi connectivity index (χ0) is 29.4. The maximum atomic E-state index is 12.1. The number of methoxy groups -OCH3 is 1. The molecule has 12 nitrogen and oxygen atoms in total. The van der Waals surface area contributed by atoms with Gasteiger partial charge >= 0.3 is 0 Å². The molecule has 0 bridgehead atoms. The summed E-state index contributed by atoms with van der Waals surface area (Å²) in [5.41, 5.74) is 4.12. The first-order valence-corrected chi connectivity index (χ1v) is 13.7. The van der Waals surface area contributed by atoms with Gasteiger partial charge in [-0.25, -0.2) is 15.0 Å². The molecule has 0 spiro atoms. The molecule has 6 rings (SSSR count). The van der Waals surface area contributed by atoms with Gasteiger partial charge in [0.2, 0.25) is 11.8 Å². The van der Waals surface area contributed by atoms with E-state index in [1.807, 2.05) is 43.1 Å². The number of nitro groups is 1. The molecule has 216 valence electrons. The van der Waals surface area contributed by atoms with Crippen molar-refractivity contribution < 1.29 is 14.1 Å². The van der Waals surface area contributed by atoms with E-state index in [0.29, 0.717) is 46.9 Å². The van der Waals surface area contributed by atoms with Crippen LogP contribution >= 0.6 is 0 Å². The molecule has 0 aliphatic heterocycles. The molecule has 12 heteroatoms. The fourth-order valence-corrected chi connectivity index (χ4v) is 5.08. The van der Waals surface area contributed by atoms with E-state index in [4.69, 9.17) is 14.1 Å². The number of aromatic nitrogens is 4. The molecule has 1 fully saturated rings. The second kappa shape index (κ2) is 11.1. The fraction of sp³-hybridized carbons (Fsp3) is 0.300. The molecule has 0 amide bonds. The summed E-state index contributed by atoms with van der Waals surface area (Å²) in [4.78, 5) is 29.4. The Bertz CT molecular complexity index is 1740. The van der Waals surface area contributed by atoms with Crippen LogP contribution in [0.25, 0.3) is 33.6 Å². The van der Waals surface area contributed by atoms with E-state index in [-0.39, 0.29) is 11.6 Å². The Labute approximate surface area is 242 Å². The molecular formula is C30H32N8O4. The lowest BCUT2D eigenvalue weighted by atomic mass is 10.1. The summed E-state index contributed by atoms with van der Waals surface area (Å²) in [6.45, 7) is 1.34. The molecule has 0 saturated heterocycles. The first-order valence-electron chi connectivity index (χ1n) is 13.7. The van der Waals surface area contributed by atoms with Crippen LogP contribution in [0.4, 0.5) is 23.0 Å². The van der Waals surface area contributed by atoms with E-state index in [0.717, 1.165) is 35.9 Å². The van der Waals surface area contributed by atoms with Crippen molar-refractivity contribution in [3.63, 3.8) is 0 Å². The van der Waals surface area contributed by atoms with Crippen molar-refractivity contribution in [3.05, 3.63) is 71.4 Å². The minimum atomic E-state index is -0.392. The van der Waals surface area contributed by atoms with Gasteiger partial charge in [-0.2, -0.15) is 0 Å². The van der Waals surface area contributed by atoms with Crippen LogP contribution in [0.2, 0.25) is 0 Å². The molecule has 3 heterocycles. The van der Waals surface area contributed by atoms with Crippen LogP contribution in [0.15, 0.2) is 65.7 Å². The number of likely N-dealkylation sites (N-methyl/N-ethyl adjacent to an activating group) is 2. The van der Waals surface area contributed by atoms with Crippen LogP contribution in [0, 0.1) is 10.1 Å². The summed E-state index contributed by atoms with van der Waals surface area (Å²) in [5.74, 6) is 1.09. The lowest BCUT2D eigenvalue weighted by molar-refractivity contribution is -0.384. The first kappa shape index (κ1) is 27.2. The predicted octanol–water partition coefficient (Wildman–Crippen LogP) is 5.75. The zero-order valence-corrected chi connectivity index (χ0v) is 23.9. The third-order valence-electron chi connectivity index (χ3n) is 7.42. The van der Waals surface area contributed by atoms with Gasteiger partial charge in [-0.3, -0.25) is 10.1 Å². The molecule has 1 N–H and O–H groups in total. The smallest absolute Gasteiger partial charge is 0.294 e. The number of rotatable bonds is 11. The molecular weight excluding hydrogens is 536 g/mol. The van der Waals surface area contributed by atoms with Crippen molar-refractivity contribution in [3.8, 4) is 28.5 Å². The van der Waals surface area contributed by atoms with Gasteiger partial charge < -0.3 is 28.8 Å². The number of ether oxygens (including phenoxy) is 1. The number of hydrogen-bond acceptors (Lipinski definition) is 10. The number of fused-ring (bicyclic) bond motifs is 1. The van der Waals surface area contributed by atoms with Crippen molar-refractivity contribution >= 4 is 33.9 Å². The summed E-state index contributed by atoms with van der Waals surface area (Å²) in [7, 11) is 7.27. The Hall–Kier alpha value is -4.97. The van der Waals surface area contributed by atoms with Crippen molar-refractivity contribution in [2.75, 3.05) is 51.6 Å².